The van der Waals surface area contributed by atoms with Gasteiger partial charge >= 0.3 is 5.97 Å². The van der Waals surface area contributed by atoms with Gasteiger partial charge in [0.1, 0.15) is 6.04 Å². The zero-order valence-electron chi connectivity index (χ0n) is 12.2. The summed E-state index contributed by atoms with van der Waals surface area (Å²) in [6.07, 6.45) is 0. The third kappa shape index (κ3) is 2.77. The van der Waals surface area contributed by atoms with Gasteiger partial charge in [0.05, 0.1) is 5.69 Å². The number of benzene rings is 1. The van der Waals surface area contributed by atoms with Crippen LogP contribution in [0.25, 0.3) is 11.0 Å². The average Bonchev–Trinajstić information content (AvgIpc) is 2.82. The number of likely N-dealkylation sites (N-methyl/N-ethyl adjacent to an activating group) is 1. The van der Waals surface area contributed by atoms with Gasteiger partial charge in [-0.05, 0) is 31.7 Å². The molecule has 2 aromatic rings. The van der Waals surface area contributed by atoms with E-state index in [-0.39, 0.29) is 0 Å². The average molecular weight is 289 g/mol. The molecule has 0 radical (unpaired) electrons. The Balaban J connectivity index is 1.75. The Hall–Kier alpha value is -1.92. The molecule has 1 aromatic heterocycles. The van der Waals surface area contributed by atoms with Crippen molar-refractivity contribution in [1.29, 1.82) is 0 Å². The van der Waals surface area contributed by atoms with E-state index in [1.807, 2.05) is 31.0 Å². The molecule has 0 saturated carbocycles. The fraction of sp³-hybridized carbons (Fsp3) is 0.467. The van der Waals surface area contributed by atoms with Crippen molar-refractivity contribution in [2.45, 2.75) is 19.5 Å². The molecule has 1 N–H and O–H groups in total. The fourth-order valence-corrected chi connectivity index (χ4v) is 2.80. The van der Waals surface area contributed by atoms with Crippen molar-refractivity contribution >= 4 is 16.9 Å². The van der Waals surface area contributed by atoms with Gasteiger partial charge in [-0.2, -0.15) is 0 Å². The number of aryl methyl sites for hydroxylation is 1. The smallest absolute Gasteiger partial charge is 0.322 e. The monoisotopic (exact) mass is 289 g/mol. The lowest BCUT2D eigenvalue weighted by molar-refractivity contribution is -0.145. The van der Waals surface area contributed by atoms with Crippen LogP contribution in [-0.4, -0.2) is 58.8 Å². The minimum absolute atomic E-state index is 0.431. The number of carboxylic acids is 1. The molecule has 0 amide bonds. The van der Waals surface area contributed by atoms with E-state index in [1.54, 1.807) is 0 Å². The second kappa shape index (κ2) is 5.46. The first-order valence-electron chi connectivity index (χ1n) is 7.05. The number of aliphatic carboxylic acids is 1. The first kappa shape index (κ1) is 14.0. The van der Waals surface area contributed by atoms with Crippen LogP contribution < -0.4 is 0 Å². The van der Waals surface area contributed by atoms with Crippen molar-refractivity contribution in [2.24, 2.45) is 0 Å². The molecule has 1 aliphatic rings. The third-order valence-corrected chi connectivity index (χ3v) is 4.14. The molecule has 1 aliphatic heterocycles. The molecular weight excluding hydrogens is 270 g/mol. The zero-order chi connectivity index (χ0) is 15.0. The highest BCUT2D eigenvalue weighted by molar-refractivity contribution is 5.79. The number of fused-ring (bicyclic) bond motifs is 1. The van der Waals surface area contributed by atoms with Crippen LogP contribution in [0, 0.1) is 6.92 Å². The van der Waals surface area contributed by atoms with Crippen LogP contribution in [0.4, 0.5) is 0 Å². The molecule has 112 valence electrons. The van der Waals surface area contributed by atoms with E-state index in [0.29, 0.717) is 6.54 Å². The molecule has 1 aromatic carbocycles. The Kier molecular flexibility index (Phi) is 3.65. The normalized spacial score (nSPS) is 21.0. The number of rotatable bonds is 3. The van der Waals surface area contributed by atoms with Crippen molar-refractivity contribution in [1.82, 2.24) is 15.0 Å². The van der Waals surface area contributed by atoms with Crippen molar-refractivity contribution in [3.05, 3.63) is 29.5 Å². The van der Waals surface area contributed by atoms with Crippen LogP contribution >= 0.6 is 0 Å². The minimum Gasteiger partial charge on any atom is -0.480 e. The molecule has 0 unspecified atom stereocenters. The highest BCUT2D eigenvalue weighted by atomic mass is 16.5. The molecule has 2 heterocycles. The van der Waals surface area contributed by atoms with E-state index < -0.39 is 12.0 Å². The Morgan fingerprint density at radius 2 is 2.29 bits per heavy atom. The van der Waals surface area contributed by atoms with Gasteiger partial charge in [0.2, 0.25) is 0 Å². The molecule has 0 spiro atoms. The summed E-state index contributed by atoms with van der Waals surface area (Å²) in [5.41, 5.74) is 2.83. The quantitative estimate of drug-likeness (QED) is 0.919. The highest BCUT2D eigenvalue weighted by Gasteiger charge is 2.29. The van der Waals surface area contributed by atoms with Crippen LogP contribution in [0.1, 0.15) is 11.3 Å². The minimum atomic E-state index is -0.757. The molecular formula is C15H19N3O3. The van der Waals surface area contributed by atoms with Crippen LogP contribution in [0.3, 0.4) is 0 Å². The molecule has 1 atom stereocenters. The first-order chi connectivity index (χ1) is 10.0. The summed E-state index contributed by atoms with van der Waals surface area (Å²) < 4.78 is 5.21. The number of nitrogens with zero attached hydrogens (tertiary/aromatic N) is 3. The maximum atomic E-state index is 11.3. The van der Waals surface area contributed by atoms with Crippen LogP contribution in [0.2, 0.25) is 0 Å². The van der Waals surface area contributed by atoms with E-state index in [2.05, 4.69) is 16.1 Å². The second-order valence-electron chi connectivity index (χ2n) is 5.67. The second-order valence-corrected chi connectivity index (χ2v) is 5.67. The summed E-state index contributed by atoms with van der Waals surface area (Å²) in [6, 6.07) is 5.59. The van der Waals surface area contributed by atoms with E-state index in [9.17, 15) is 9.90 Å². The first-order valence-corrected chi connectivity index (χ1v) is 7.05. The lowest BCUT2D eigenvalue weighted by Gasteiger charge is -2.37. The molecule has 0 bridgehead atoms. The SMILES string of the molecule is Cc1noc2ccc(CN3CCN(C)[C@H](C(=O)O)C3)cc12. The van der Waals surface area contributed by atoms with Crippen molar-refractivity contribution in [3.63, 3.8) is 0 Å². The molecule has 6 heteroatoms. The summed E-state index contributed by atoms with van der Waals surface area (Å²) in [7, 11) is 1.86. The molecule has 6 nitrogen and oxygen atoms in total. The third-order valence-electron chi connectivity index (χ3n) is 4.14. The molecule has 21 heavy (non-hydrogen) atoms. The summed E-state index contributed by atoms with van der Waals surface area (Å²) in [5.74, 6) is -0.757. The lowest BCUT2D eigenvalue weighted by Crippen LogP contribution is -2.54. The van der Waals surface area contributed by atoms with Gasteiger partial charge in [-0.25, -0.2) is 0 Å². The summed E-state index contributed by atoms with van der Waals surface area (Å²) >= 11 is 0. The van der Waals surface area contributed by atoms with E-state index in [0.717, 1.165) is 41.9 Å². The molecule has 1 saturated heterocycles. The van der Waals surface area contributed by atoms with Crippen molar-refractivity contribution < 1.29 is 14.4 Å². The van der Waals surface area contributed by atoms with Gasteiger partial charge < -0.3 is 9.63 Å². The Labute approximate surface area is 122 Å². The van der Waals surface area contributed by atoms with E-state index in [1.165, 1.54) is 0 Å². The molecule has 3 rings (SSSR count). The van der Waals surface area contributed by atoms with E-state index >= 15 is 0 Å². The lowest BCUT2D eigenvalue weighted by atomic mass is 10.1. The van der Waals surface area contributed by atoms with Gasteiger partial charge in [0, 0.05) is 31.6 Å². The maximum Gasteiger partial charge on any atom is 0.322 e. The number of carboxylic acid groups (broad SMARTS) is 1. The predicted molar refractivity (Wildman–Crippen MR) is 78.1 cm³/mol. The van der Waals surface area contributed by atoms with Crippen LogP contribution in [-0.2, 0) is 11.3 Å². The highest BCUT2D eigenvalue weighted by Crippen LogP contribution is 2.21. The van der Waals surface area contributed by atoms with Crippen molar-refractivity contribution in [2.75, 3.05) is 26.7 Å². The fourth-order valence-electron chi connectivity index (χ4n) is 2.80. The maximum absolute atomic E-state index is 11.3. The topological polar surface area (TPSA) is 69.8 Å². The number of carbonyl (C=O) groups is 1. The Morgan fingerprint density at radius 3 is 3.05 bits per heavy atom. The van der Waals surface area contributed by atoms with Gasteiger partial charge in [0.25, 0.3) is 0 Å². The summed E-state index contributed by atoms with van der Waals surface area (Å²) in [6.45, 7) is 4.86. The largest absolute Gasteiger partial charge is 0.480 e. The van der Waals surface area contributed by atoms with Crippen LogP contribution in [0.5, 0.6) is 0 Å². The number of hydrogen-bond acceptors (Lipinski definition) is 5. The molecule has 1 fully saturated rings. The number of piperazine rings is 1. The van der Waals surface area contributed by atoms with Crippen molar-refractivity contribution in [3.8, 4) is 0 Å². The number of hydrogen-bond donors (Lipinski definition) is 1. The van der Waals surface area contributed by atoms with Gasteiger partial charge in [-0.3, -0.25) is 14.6 Å². The Bertz CT molecular complexity index is 667. The standard InChI is InChI=1S/C15H19N3O3/c1-10-12-7-11(3-4-14(12)21-16-10)8-18-6-5-17(2)13(9-18)15(19)20/h3-4,7,13H,5-6,8-9H2,1-2H3,(H,19,20)/t13-/m0/s1. The number of aromatic nitrogens is 1. The van der Waals surface area contributed by atoms with Gasteiger partial charge in [0.15, 0.2) is 5.58 Å². The van der Waals surface area contributed by atoms with E-state index in [4.69, 9.17) is 4.52 Å². The van der Waals surface area contributed by atoms with Gasteiger partial charge in [-0.15, -0.1) is 0 Å². The zero-order valence-corrected chi connectivity index (χ0v) is 12.2. The Morgan fingerprint density at radius 1 is 1.48 bits per heavy atom. The molecule has 0 aliphatic carbocycles. The summed E-state index contributed by atoms with van der Waals surface area (Å²) in [5, 5.41) is 14.2. The van der Waals surface area contributed by atoms with Gasteiger partial charge in [-0.1, -0.05) is 11.2 Å². The summed E-state index contributed by atoms with van der Waals surface area (Å²) in [4.78, 5) is 15.3. The predicted octanol–water partition coefficient (Wildman–Crippen LogP) is 1.34. The van der Waals surface area contributed by atoms with Crippen LogP contribution in [0.15, 0.2) is 22.7 Å².